The van der Waals surface area contributed by atoms with Gasteiger partial charge in [-0.15, -0.1) is 0 Å². The van der Waals surface area contributed by atoms with Gasteiger partial charge in [0.2, 0.25) is 5.91 Å². The van der Waals surface area contributed by atoms with Crippen molar-refractivity contribution in [1.29, 1.82) is 0 Å². The maximum atomic E-state index is 14.3. The van der Waals surface area contributed by atoms with Gasteiger partial charge < -0.3 is 20.1 Å². The Balaban J connectivity index is 1.47. The molecular formula is C38H42N4O5. The number of para-hydroxylation sites is 1. The van der Waals surface area contributed by atoms with Crippen LogP contribution >= 0.6 is 0 Å². The molecule has 0 aliphatic rings. The number of carbonyl (C=O) groups excluding carboxylic acids is 1. The van der Waals surface area contributed by atoms with Crippen LogP contribution < -0.4 is 5.43 Å². The molecule has 0 aliphatic heterocycles. The van der Waals surface area contributed by atoms with Crippen LogP contribution in [0.15, 0.2) is 97.1 Å². The number of benzene rings is 4. The van der Waals surface area contributed by atoms with Crippen LogP contribution in [-0.4, -0.2) is 68.6 Å². The lowest BCUT2D eigenvalue weighted by molar-refractivity contribution is -0.139. The average molecular weight is 635 g/mol. The van der Waals surface area contributed by atoms with Crippen LogP contribution in [0.5, 0.6) is 0 Å². The third-order valence-electron chi connectivity index (χ3n) is 8.59. The lowest BCUT2D eigenvalue weighted by Gasteiger charge is -2.36. The highest BCUT2D eigenvalue weighted by atomic mass is 16.4. The normalized spacial score (nSPS) is 12.7. The minimum atomic E-state index is -0.968. The van der Waals surface area contributed by atoms with E-state index in [0.717, 1.165) is 44.1 Å². The van der Waals surface area contributed by atoms with Crippen molar-refractivity contribution in [1.82, 2.24) is 20.3 Å². The first kappa shape index (κ1) is 33.4. The highest BCUT2D eigenvalue weighted by molar-refractivity contribution is 5.86. The van der Waals surface area contributed by atoms with Gasteiger partial charge in [0.1, 0.15) is 6.04 Å². The van der Waals surface area contributed by atoms with Gasteiger partial charge in [0.25, 0.3) is 0 Å². The Morgan fingerprint density at radius 1 is 0.809 bits per heavy atom. The summed E-state index contributed by atoms with van der Waals surface area (Å²) in [5.41, 5.74) is 8.01. The summed E-state index contributed by atoms with van der Waals surface area (Å²) in [7, 11) is 1.80. The van der Waals surface area contributed by atoms with Gasteiger partial charge in [-0.2, -0.15) is 0 Å². The molecule has 0 saturated carbocycles. The van der Waals surface area contributed by atoms with Gasteiger partial charge in [-0.1, -0.05) is 97.9 Å². The fourth-order valence-electron chi connectivity index (χ4n) is 6.30. The number of carboxylic acids is 2. The van der Waals surface area contributed by atoms with E-state index in [4.69, 9.17) is 0 Å². The number of aliphatic carboxylic acids is 2. The second-order valence-corrected chi connectivity index (χ2v) is 12.0. The lowest BCUT2D eigenvalue weighted by atomic mass is 9.98. The molecule has 1 heterocycles. The molecule has 9 nitrogen and oxygen atoms in total. The van der Waals surface area contributed by atoms with Crippen molar-refractivity contribution < 1.29 is 24.6 Å². The van der Waals surface area contributed by atoms with Crippen LogP contribution in [0.3, 0.4) is 0 Å². The third-order valence-corrected chi connectivity index (χ3v) is 8.59. The van der Waals surface area contributed by atoms with Crippen molar-refractivity contribution in [3.63, 3.8) is 0 Å². The third kappa shape index (κ3) is 8.64. The summed E-state index contributed by atoms with van der Waals surface area (Å²) < 4.78 is 0. The molecule has 47 heavy (non-hydrogen) atoms. The summed E-state index contributed by atoms with van der Waals surface area (Å²) in [5, 5.41) is 24.4. The number of aromatic nitrogens is 1. The molecule has 1 amide bonds. The number of fused-ring (bicyclic) bond motifs is 2. The zero-order chi connectivity index (χ0) is 33.3. The van der Waals surface area contributed by atoms with Crippen LogP contribution in [-0.2, 0) is 40.2 Å². The Kier molecular flexibility index (Phi) is 11.0. The molecule has 0 aliphatic carbocycles. The molecule has 4 aromatic carbocycles. The molecule has 0 saturated heterocycles. The van der Waals surface area contributed by atoms with Crippen molar-refractivity contribution in [2.24, 2.45) is 0 Å². The molecule has 0 fully saturated rings. The van der Waals surface area contributed by atoms with Crippen molar-refractivity contribution >= 4 is 39.5 Å². The minimum Gasteiger partial charge on any atom is -0.481 e. The monoisotopic (exact) mass is 634 g/mol. The molecule has 0 radical (unpaired) electrons. The molecule has 244 valence electrons. The van der Waals surface area contributed by atoms with E-state index in [1.165, 1.54) is 0 Å². The van der Waals surface area contributed by atoms with Gasteiger partial charge in [-0.05, 0) is 52.8 Å². The number of amides is 1. The predicted octanol–water partition coefficient (Wildman–Crippen LogP) is 5.82. The number of aromatic amines is 1. The van der Waals surface area contributed by atoms with Crippen LogP contribution in [0.25, 0.3) is 21.7 Å². The molecule has 4 N–H and O–H groups in total. The Hall–Kier alpha value is -4.99. The number of hydrogen-bond acceptors (Lipinski definition) is 5. The molecule has 5 aromatic rings. The Labute approximate surface area is 274 Å². The van der Waals surface area contributed by atoms with E-state index in [1.807, 2.05) is 84.7 Å². The van der Waals surface area contributed by atoms with Gasteiger partial charge in [0, 0.05) is 42.8 Å². The summed E-state index contributed by atoms with van der Waals surface area (Å²) in [5.74, 6) is -1.95. The predicted molar refractivity (Wildman–Crippen MR) is 184 cm³/mol. The quantitative estimate of drug-likeness (QED) is 0.101. The first-order valence-corrected chi connectivity index (χ1v) is 16.0. The molecule has 0 spiro atoms. The van der Waals surface area contributed by atoms with E-state index in [1.54, 1.807) is 11.9 Å². The summed E-state index contributed by atoms with van der Waals surface area (Å²) in [6.07, 6.45) is 0.808. The first-order chi connectivity index (χ1) is 22.7. The van der Waals surface area contributed by atoms with Crippen LogP contribution in [0, 0.1) is 0 Å². The minimum absolute atomic E-state index is 0.0476. The van der Waals surface area contributed by atoms with E-state index in [9.17, 15) is 24.6 Å². The van der Waals surface area contributed by atoms with Gasteiger partial charge in [-0.3, -0.25) is 19.8 Å². The Bertz CT molecular complexity index is 1840. The number of likely N-dealkylation sites (N-methyl/N-ethyl adjacent to an activating group) is 2. The van der Waals surface area contributed by atoms with E-state index < -0.39 is 24.0 Å². The number of hydrazine groups is 1. The number of rotatable bonds is 16. The number of aryl methyl sites for hydroxylation is 1. The van der Waals surface area contributed by atoms with E-state index in [0.29, 0.717) is 32.4 Å². The molecule has 0 unspecified atom stereocenters. The fraction of sp³-hybridized carbons (Fsp3) is 0.289. The molecule has 0 bridgehead atoms. The van der Waals surface area contributed by atoms with Crippen LogP contribution in [0.2, 0.25) is 0 Å². The molecule has 9 heteroatoms. The van der Waals surface area contributed by atoms with Gasteiger partial charge in [0.05, 0.1) is 12.8 Å². The lowest BCUT2D eigenvalue weighted by Crippen LogP contribution is -2.57. The summed E-state index contributed by atoms with van der Waals surface area (Å²) in [4.78, 5) is 43.0. The van der Waals surface area contributed by atoms with Gasteiger partial charge >= 0.3 is 11.9 Å². The van der Waals surface area contributed by atoms with Crippen molar-refractivity contribution in [3.05, 3.63) is 119 Å². The van der Waals surface area contributed by atoms with Crippen molar-refractivity contribution in [2.45, 2.75) is 57.7 Å². The number of H-pyrrole nitrogens is 1. The Morgan fingerprint density at radius 3 is 2.23 bits per heavy atom. The Morgan fingerprint density at radius 2 is 1.51 bits per heavy atom. The second-order valence-electron chi connectivity index (χ2n) is 12.0. The smallest absolute Gasteiger partial charge is 0.304 e. The standard InChI is InChI=1S/C38H42N4O5/c1-3-42(40-30(24-37(45)46)23-32-31-15-9-10-16-33(31)39-34(32)19-20-36(43)44)35(38(47)41(2)25-26-11-5-4-6-12-26)22-27-17-18-28-13-7-8-14-29(28)21-27/h4-18,21,30,35,39-40H,3,19-20,22-25H2,1-2H3,(H,43,44)(H,45,46)/t30-,35-/m0/s1. The zero-order valence-corrected chi connectivity index (χ0v) is 26.9. The maximum absolute atomic E-state index is 14.3. The van der Waals surface area contributed by atoms with Crippen molar-refractivity contribution in [2.75, 3.05) is 13.6 Å². The van der Waals surface area contributed by atoms with Gasteiger partial charge in [0.15, 0.2) is 0 Å². The largest absolute Gasteiger partial charge is 0.481 e. The van der Waals surface area contributed by atoms with Crippen LogP contribution in [0.1, 0.15) is 42.1 Å². The fourth-order valence-corrected chi connectivity index (χ4v) is 6.30. The topological polar surface area (TPSA) is 126 Å². The molecule has 5 rings (SSSR count). The van der Waals surface area contributed by atoms with E-state index in [2.05, 4.69) is 34.7 Å². The average Bonchev–Trinajstić information content (AvgIpc) is 3.41. The summed E-state index contributed by atoms with van der Waals surface area (Å²) in [6.45, 7) is 2.83. The van der Waals surface area contributed by atoms with E-state index >= 15 is 0 Å². The number of carboxylic acid groups (broad SMARTS) is 2. The van der Waals surface area contributed by atoms with Crippen molar-refractivity contribution in [3.8, 4) is 0 Å². The highest BCUT2D eigenvalue weighted by Crippen LogP contribution is 2.26. The number of carbonyl (C=O) groups is 3. The molecular weight excluding hydrogens is 592 g/mol. The SMILES string of the molecule is CCN(N[C@H](CC(=O)O)Cc1c(CCC(=O)O)[nH]c2ccccc12)[C@@H](Cc1ccc2ccccc2c1)C(=O)N(C)Cc1ccccc1. The second kappa shape index (κ2) is 15.5. The first-order valence-electron chi connectivity index (χ1n) is 16.0. The number of hydrogen-bond donors (Lipinski definition) is 4. The zero-order valence-electron chi connectivity index (χ0n) is 26.9. The summed E-state index contributed by atoms with van der Waals surface area (Å²) in [6, 6.07) is 30.7. The summed E-state index contributed by atoms with van der Waals surface area (Å²) >= 11 is 0. The molecule has 1 aromatic heterocycles. The van der Waals surface area contributed by atoms with Crippen LogP contribution in [0.4, 0.5) is 0 Å². The maximum Gasteiger partial charge on any atom is 0.304 e. The van der Waals surface area contributed by atoms with Gasteiger partial charge in [-0.25, -0.2) is 5.01 Å². The highest BCUT2D eigenvalue weighted by Gasteiger charge is 2.31. The van der Waals surface area contributed by atoms with E-state index in [-0.39, 0.29) is 18.7 Å². The molecule has 2 atom stereocenters. The number of nitrogens with zero attached hydrogens (tertiary/aromatic N) is 2. The number of nitrogens with one attached hydrogen (secondary N) is 2.